The van der Waals surface area contributed by atoms with Crippen LogP contribution in [0.2, 0.25) is 0 Å². The Kier molecular flexibility index (Phi) is 47.5. The van der Waals surface area contributed by atoms with Crippen molar-refractivity contribution < 1.29 is 110 Å². The van der Waals surface area contributed by atoms with Gasteiger partial charge in [0, 0.05) is 127 Å². The number of aliphatic hydroxyl groups is 1. The second-order valence-electron chi connectivity index (χ2n) is 42.2. The van der Waals surface area contributed by atoms with E-state index in [0.717, 1.165) is 54.6 Å². The molecule has 1 aromatic heterocycles. The van der Waals surface area contributed by atoms with Crippen molar-refractivity contribution in [3.63, 3.8) is 0 Å². The first-order valence-electron chi connectivity index (χ1n) is 53.5. The maximum atomic E-state index is 16.4. The zero-order chi connectivity index (χ0) is 106. The van der Waals surface area contributed by atoms with Crippen molar-refractivity contribution in [2.24, 2.45) is 0 Å². The molecule has 36 heteroatoms. The Balaban J connectivity index is 0.827. The second kappa shape index (κ2) is 59.6. The predicted molar refractivity (Wildman–Crippen MR) is 553 cm³/mol. The molecule has 2 fully saturated rings. The molecule has 0 aliphatic carbocycles. The molecule has 10 atom stereocenters. The highest BCUT2D eigenvalue weighted by Gasteiger charge is 2.50. The van der Waals surface area contributed by atoms with Crippen LogP contribution in [0.15, 0.2) is 97.2 Å². The zero-order valence-electron chi connectivity index (χ0n) is 88.0. The standard InChI is InChI=1S/C111H161FN14O21/c1-76-102(135)117-89(48-45-85(128)35-25-24-30-61-126(7,8)73-86(129)74-145-64-63-144-62-56-113-95(130)36-26-20-18-16-14-12-10-11-13-15-17-19-21-27-37-99(134)147-110(3,4)5)103(136)118-90-67-81-33-31-34-82(65-81)70-115-97(132)75-146-94-53-60-124-101(94)106(139)121-100(77(2)127)105(138)120-91(66-79-42-46-87(143-9)47-43-79)108(141)125-59-32-54-111(125,6)109(142)114-55-52-78-38-40-80(41-39-78)71-123(98(133)51-50-96(131)116-76)58-29-23-22-28-57-122-72-83(68-92(107(124)140)119-104(90)137)88-69-84(112)44-49-93(88)122/h31,33-34,38-44,46-47,49,65,69,72,76-77,89-92,94,100-101,127H,10-30,32,35-37,45,48,50-64,66-68,70-71,73-75H2,1-9H3,(H8-,113,114,115,116,117,118,119,120,121,130,131,132,135,136,137,138,139,142)/p+1/t76-,77+,89+,90-,91-,92-,94-,100-,101-,111-/m0/s1. The number of benzene rings is 4. The molecular formula is C111H162FN14O21+. The molecule has 0 saturated carbocycles. The number of carbonyl (C=O) groups excluding carboxylic acids is 15. The van der Waals surface area contributed by atoms with Gasteiger partial charge >= 0.3 is 5.97 Å². The first-order chi connectivity index (χ1) is 70.4. The molecule has 5 aromatic rings. The molecule has 808 valence electrons. The number of unbranched alkanes of at least 4 members (excludes halogenated alkanes) is 15. The summed E-state index contributed by atoms with van der Waals surface area (Å²) in [5.74, 6) is -9.19. The highest BCUT2D eigenvalue weighted by molar-refractivity contribution is 6.00. The summed E-state index contributed by atoms with van der Waals surface area (Å²) in [6.07, 6.45) is 18.6. The molecule has 4 aromatic carbocycles. The summed E-state index contributed by atoms with van der Waals surface area (Å²) in [6.45, 7) is 11.8. The van der Waals surface area contributed by atoms with Gasteiger partial charge in [-0.2, -0.15) is 0 Å². The van der Waals surface area contributed by atoms with E-state index in [-0.39, 0.29) is 153 Å². The number of Topliss-reactive ketones (excluding diaryl/α,β-unsaturated/α-hetero) is 2. The Bertz CT molecular complexity index is 5200. The lowest BCUT2D eigenvalue weighted by Gasteiger charge is -2.37. The Labute approximate surface area is 865 Å². The third-order valence-electron chi connectivity index (χ3n) is 28.2. The van der Waals surface area contributed by atoms with E-state index in [0.29, 0.717) is 140 Å². The number of quaternary nitrogens is 1. The van der Waals surface area contributed by atoms with Crippen molar-refractivity contribution in [3.05, 3.63) is 136 Å². The van der Waals surface area contributed by atoms with Crippen LogP contribution in [0, 0.1) is 5.82 Å². The first-order valence-corrected chi connectivity index (χ1v) is 53.5. The third-order valence-corrected chi connectivity index (χ3v) is 28.2. The molecule has 147 heavy (non-hydrogen) atoms. The molecule has 10 N–H and O–H groups in total. The molecule has 6 aliphatic heterocycles. The number of hydrogen-bond acceptors (Lipinski definition) is 21. The summed E-state index contributed by atoms with van der Waals surface area (Å²) < 4.78 is 46.8. The Morgan fingerprint density at radius 2 is 1.25 bits per heavy atom. The van der Waals surface area contributed by atoms with Crippen molar-refractivity contribution in [1.82, 2.24) is 67.1 Å². The van der Waals surface area contributed by atoms with E-state index in [9.17, 15) is 48.3 Å². The number of likely N-dealkylation sites (N-methyl/N-ethyl adjacent to an activating group) is 1. The van der Waals surface area contributed by atoms with Gasteiger partial charge in [-0.3, -0.25) is 71.9 Å². The van der Waals surface area contributed by atoms with E-state index in [1.807, 2.05) is 63.7 Å². The number of ketones is 2. The van der Waals surface area contributed by atoms with Crippen LogP contribution in [-0.2, 0) is 136 Å². The Morgan fingerprint density at radius 3 is 1.95 bits per heavy atom. The summed E-state index contributed by atoms with van der Waals surface area (Å²) in [7, 11) is 5.35. The number of amides is 12. The normalized spacial score (nSPS) is 21.8. The third kappa shape index (κ3) is 39.1. The molecule has 2 saturated heterocycles. The van der Waals surface area contributed by atoms with E-state index in [1.54, 1.807) is 72.6 Å². The first kappa shape index (κ1) is 117. The summed E-state index contributed by atoms with van der Waals surface area (Å²) in [4.78, 5) is 223. The van der Waals surface area contributed by atoms with Crippen LogP contribution in [0.4, 0.5) is 4.39 Å². The minimum Gasteiger partial charge on any atom is -0.497 e. The van der Waals surface area contributed by atoms with Gasteiger partial charge in [0.05, 0.1) is 59.8 Å². The number of hydrogen-bond donors (Lipinski definition) is 10. The van der Waals surface area contributed by atoms with Crippen LogP contribution in [-0.4, -0.2) is 283 Å². The van der Waals surface area contributed by atoms with Crippen molar-refractivity contribution >= 4 is 99.3 Å². The lowest BCUT2D eigenvalue weighted by atomic mass is 9.95. The second-order valence-corrected chi connectivity index (χ2v) is 42.2. The van der Waals surface area contributed by atoms with Gasteiger partial charge in [-0.1, -0.05) is 151 Å². The molecule has 12 amide bonds. The number of aliphatic hydroxyl groups excluding tert-OH is 1. The fourth-order valence-corrected chi connectivity index (χ4v) is 19.9. The van der Waals surface area contributed by atoms with Crippen LogP contribution < -0.4 is 52.6 Å². The number of fused-ring (bicyclic) bond motifs is 16. The fraction of sp³-hybridized carbons (Fsp3) is 0.631. The number of methoxy groups -OCH3 is 1. The number of esters is 1. The molecule has 0 radical (unpaired) electrons. The average Bonchev–Trinajstić information content (AvgIpc) is 1.67. The molecule has 12 bridgehead atoms. The predicted octanol–water partition coefficient (Wildman–Crippen LogP) is 9.47. The summed E-state index contributed by atoms with van der Waals surface area (Å²) in [5.41, 5.74) is 2.22. The SMILES string of the molecule is COc1ccc(C[C@@H]2NC(=O)[C@H]([C@@H](C)O)NC(=O)[C@@H]3[C@@H]4CCN3C(=O)[C@@H]3Cc5cn(c6ccc(F)cc56)CCCCCCN(Cc5ccc(cc5)CCNC(=O)[C@]5(C)CCCN5C2=O)C(=O)CCC(=O)N[C@@H](C)C(=O)N[C@H](CCC(=O)CCCCC[N+](C)(C)CC(=O)COCCOCCNC(=O)CCCCCCCCCCCCCCCCC(=O)OC(C)(C)C)C(=O)N[C@@H](Cc2cccc(c2)CNC(=O)CO4)C(=O)N3)cc1. The smallest absolute Gasteiger partial charge is 0.306 e. The zero-order valence-corrected chi connectivity index (χ0v) is 88.0. The lowest BCUT2D eigenvalue weighted by molar-refractivity contribution is -0.882. The summed E-state index contributed by atoms with van der Waals surface area (Å²) in [6, 6.07) is 13.9. The number of halogens is 1. The Hall–Kier alpha value is -11.6. The number of nitrogens with zero attached hydrogens (tertiary/aromatic N) is 5. The van der Waals surface area contributed by atoms with Gasteiger partial charge in [0.1, 0.15) is 90.5 Å². The van der Waals surface area contributed by atoms with E-state index in [4.69, 9.17) is 23.7 Å². The highest BCUT2D eigenvalue weighted by Crippen LogP contribution is 2.34. The van der Waals surface area contributed by atoms with Gasteiger partial charge < -0.3 is 100 Å². The quantitative estimate of drug-likeness (QED) is 0.00990. The highest BCUT2D eigenvalue weighted by atomic mass is 19.1. The summed E-state index contributed by atoms with van der Waals surface area (Å²) in [5, 5.41) is 37.6. The van der Waals surface area contributed by atoms with Crippen molar-refractivity contribution in [2.75, 3.05) is 100 Å². The molecule has 0 spiro atoms. The van der Waals surface area contributed by atoms with Gasteiger partial charge in [-0.25, -0.2) is 4.39 Å². The monoisotopic (exact) mass is 2050 g/mol. The molecule has 11 rings (SSSR count). The van der Waals surface area contributed by atoms with Gasteiger partial charge in [0.15, 0.2) is 0 Å². The van der Waals surface area contributed by atoms with Gasteiger partial charge in [-0.05, 0) is 182 Å². The molecule has 35 nitrogen and oxygen atoms in total. The van der Waals surface area contributed by atoms with Gasteiger partial charge in [0.25, 0.3) is 0 Å². The minimum absolute atomic E-state index is 0.00630. The largest absolute Gasteiger partial charge is 0.497 e. The topological polar surface area (TPSA) is 445 Å². The number of carbonyl (C=O) groups is 15. The van der Waals surface area contributed by atoms with E-state index < -0.39 is 144 Å². The number of ether oxygens (including phenoxy) is 5. The van der Waals surface area contributed by atoms with Crippen molar-refractivity contribution in [3.8, 4) is 5.75 Å². The minimum atomic E-state index is -1.88. The van der Waals surface area contributed by atoms with E-state index >= 15 is 33.2 Å². The number of aromatic nitrogens is 1. The van der Waals surface area contributed by atoms with Crippen LogP contribution >= 0.6 is 0 Å². The van der Waals surface area contributed by atoms with E-state index in [2.05, 4.69) is 47.9 Å². The number of rotatable bonds is 40. The van der Waals surface area contributed by atoms with Crippen LogP contribution in [0.5, 0.6) is 5.75 Å². The summed E-state index contributed by atoms with van der Waals surface area (Å²) >= 11 is 0. The molecule has 0 unspecified atom stereocenters. The van der Waals surface area contributed by atoms with E-state index in [1.165, 1.54) is 89.4 Å². The molecule has 6 aliphatic rings. The fourth-order valence-electron chi connectivity index (χ4n) is 19.9. The van der Waals surface area contributed by atoms with Crippen LogP contribution in [0.1, 0.15) is 274 Å². The molecule has 7 heterocycles. The van der Waals surface area contributed by atoms with Crippen molar-refractivity contribution in [1.29, 1.82) is 0 Å². The Morgan fingerprint density at radius 1 is 0.599 bits per heavy atom. The number of aryl methyl sites for hydroxylation is 1. The number of nitrogens with one attached hydrogen (secondary N) is 9. The molecular weight excluding hydrogens is 1880 g/mol. The van der Waals surface area contributed by atoms with Gasteiger partial charge in [-0.15, -0.1) is 0 Å². The average molecular weight is 2050 g/mol. The lowest BCUT2D eigenvalue weighted by Crippen LogP contribution is -2.64. The van der Waals surface area contributed by atoms with Gasteiger partial charge in [0.2, 0.25) is 76.7 Å². The van der Waals surface area contributed by atoms with Crippen LogP contribution in [0.25, 0.3) is 10.9 Å². The maximum Gasteiger partial charge on any atom is 0.306 e. The van der Waals surface area contributed by atoms with Crippen LogP contribution in [0.3, 0.4) is 0 Å². The van der Waals surface area contributed by atoms with Crippen molar-refractivity contribution in [2.45, 2.75) is 352 Å². The maximum absolute atomic E-state index is 16.4.